The number of hydrogen-bond donors (Lipinski definition) is 1. The van der Waals surface area contributed by atoms with Crippen LogP contribution >= 0.6 is 34.2 Å². The molecule has 0 amide bonds. The molecule has 2 aromatic heterocycles. The normalized spacial score (nSPS) is 11.2. The first-order valence-electron chi connectivity index (χ1n) is 5.63. The van der Waals surface area contributed by atoms with Crippen molar-refractivity contribution in [3.8, 4) is 11.3 Å². The molecule has 1 aromatic carbocycles. The van der Waals surface area contributed by atoms with Gasteiger partial charge in [-0.3, -0.25) is 0 Å². The molecular formula is C13H7ClF2IN3. The van der Waals surface area contributed by atoms with Gasteiger partial charge >= 0.3 is 0 Å². The van der Waals surface area contributed by atoms with Crippen LogP contribution in [-0.2, 0) is 0 Å². The summed E-state index contributed by atoms with van der Waals surface area (Å²) in [5, 5.41) is 0.606. The van der Waals surface area contributed by atoms with E-state index >= 15 is 0 Å². The quantitative estimate of drug-likeness (QED) is 0.479. The van der Waals surface area contributed by atoms with Gasteiger partial charge in [-0.25, -0.2) is 18.7 Å². The molecule has 3 rings (SSSR count). The molecule has 0 fully saturated rings. The SMILES string of the molecule is Cc1[nH]c2c(F)cc(-c3nc(Cl)ncc3F)cc2c1I. The number of benzene rings is 1. The van der Waals surface area contributed by atoms with Crippen LogP contribution in [-0.4, -0.2) is 15.0 Å². The molecule has 0 aliphatic carbocycles. The van der Waals surface area contributed by atoms with Crippen molar-refractivity contribution in [2.24, 2.45) is 0 Å². The number of aryl methyl sites for hydroxylation is 1. The van der Waals surface area contributed by atoms with Crippen molar-refractivity contribution < 1.29 is 8.78 Å². The highest BCUT2D eigenvalue weighted by atomic mass is 127. The number of nitrogens with one attached hydrogen (secondary N) is 1. The molecule has 0 spiro atoms. The van der Waals surface area contributed by atoms with Gasteiger partial charge in [0.25, 0.3) is 0 Å². The number of fused-ring (bicyclic) bond motifs is 1. The van der Waals surface area contributed by atoms with Crippen LogP contribution < -0.4 is 0 Å². The molecule has 3 nitrogen and oxygen atoms in total. The summed E-state index contributed by atoms with van der Waals surface area (Å²) in [6, 6.07) is 2.92. The maximum absolute atomic E-state index is 14.1. The van der Waals surface area contributed by atoms with Gasteiger partial charge < -0.3 is 4.98 Å². The van der Waals surface area contributed by atoms with E-state index in [2.05, 4.69) is 37.5 Å². The average molecular weight is 406 g/mol. The summed E-state index contributed by atoms with van der Waals surface area (Å²) in [5.74, 6) is -1.10. The molecule has 1 N–H and O–H groups in total. The maximum atomic E-state index is 14.1. The number of aromatic amines is 1. The smallest absolute Gasteiger partial charge is 0.223 e. The van der Waals surface area contributed by atoms with E-state index < -0.39 is 11.6 Å². The zero-order chi connectivity index (χ0) is 14.4. The topological polar surface area (TPSA) is 41.6 Å². The first-order chi connectivity index (χ1) is 9.47. The highest BCUT2D eigenvalue weighted by Gasteiger charge is 2.15. The molecule has 0 saturated heterocycles. The van der Waals surface area contributed by atoms with Crippen molar-refractivity contribution in [3.63, 3.8) is 0 Å². The number of H-pyrrole nitrogens is 1. The summed E-state index contributed by atoms with van der Waals surface area (Å²) in [7, 11) is 0. The van der Waals surface area contributed by atoms with Crippen molar-refractivity contribution in [1.82, 2.24) is 15.0 Å². The number of hydrogen-bond acceptors (Lipinski definition) is 2. The largest absolute Gasteiger partial charge is 0.355 e. The lowest BCUT2D eigenvalue weighted by atomic mass is 10.1. The van der Waals surface area contributed by atoms with Crippen LogP contribution in [0.3, 0.4) is 0 Å². The van der Waals surface area contributed by atoms with Crippen LogP contribution in [0.1, 0.15) is 5.69 Å². The molecule has 0 atom stereocenters. The van der Waals surface area contributed by atoms with Crippen LogP contribution in [0.15, 0.2) is 18.3 Å². The van der Waals surface area contributed by atoms with Gasteiger partial charge in [0.2, 0.25) is 5.28 Å². The summed E-state index contributed by atoms with van der Waals surface area (Å²) in [4.78, 5) is 10.3. The fourth-order valence-corrected chi connectivity index (χ4v) is 2.73. The van der Waals surface area contributed by atoms with E-state index in [0.717, 1.165) is 15.5 Å². The van der Waals surface area contributed by atoms with Crippen molar-refractivity contribution >= 4 is 45.1 Å². The van der Waals surface area contributed by atoms with Crippen LogP contribution in [0.25, 0.3) is 22.2 Å². The maximum Gasteiger partial charge on any atom is 0.223 e. The van der Waals surface area contributed by atoms with Crippen LogP contribution in [0.2, 0.25) is 5.28 Å². The lowest BCUT2D eigenvalue weighted by Gasteiger charge is -2.04. The molecule has 7 heteroatoms. The summed E-state index contributed by atoms with van der Waals surface area (Å²) < 4.78 is 28.8. The third-order valence-corrected chi connectivity index (χ3v) is 4.53. The lowest BCUT2D eigenvalue weighted by molar-refractivity contribution is 0.616. The van der Waals surface area contributed by atoms with Gasteiger partial charge in [-0.15, -0.1) is 0 Å². The van der Waals surface area contributed by atoms with Gasteiger partial charge in [0, 0.05) is 20.2 Å². The average Bonchev–Trinajstić information content (AvgIpc) is 2.70. The zero-order valence-corrected chi connectivity index (χ0v) is 13.1. The molecule has 102 valence electrons. The van der Waals surface area contributed by atoms with Gasteiger partial charge in [-0.2, -0.15) is 0 Å². The highest BCUT2D eigenvalue weighted by molar-refractivity contribution is 14.1. The minimum atomic E-state index is -0.643. The molecule has 20 heavy (non-hydrogen) atoms. The van der Waals surface area contributed by atoms with Gasteiger partial charge in [0.1, 0.15) is 11.5 Å². The van der Waals surface area contributed by atoms with Crippen molar-refractivity contribution in [1.29, 1.82) is 0 Å². The summed E-state index contributed by atoms with van der Waals surface area (Å²) >= 11 is 7.79. The molecule has 0 bridgehead atoms. The van der Waals surface area contributed by atoms with E-state index in [9.17, 15) is 8.78 Å². The van der Waals surface area contributed by atoms with E-state index in [1.807, 2.05) is 6.92 Å². The Morgan fingerprint density at radius 3 is 2.75 bits per heavy atom. The summed E-state index contributed by atoms with van der Waals surface area (Å²) in [6.45, 7) is 1.85. The predicted octanol–water partition coefficient (Wildman–Crippen LogP) is 4.47. The van der Waals surface area contributed by atoms with E-state index in [4.69, 9.17) is 11.6 Å². The van der Waals surface area contributed by atoms with Crippen molar-refractivity contribution in [2.45, 2.75) is 6.92 Å². The Morgan fingerprint density at radius 2 is 2.00 bits per heavy atom. The highest BCUT2D eigenvalue weighted by Crippen LogP contribution is 2.31. The molecule has 0 radical (unpaired) electrons. The van der Waals surface area contributed by atoms with E-state index in [0.29, 0.717) is 16.5 Å². The minimum absolute atomic E-state index is 0.0135. The Hall–Kier alpha value is -1.28. The van der Waals surface area contributed by atoms with Crippen LogP contribution in [0.5, 0.6) is 0 Å². The molecule has 3 aromatic rings. The number of halogens is 4. The summed E-state index contributed by atoms with van der Waals surface area (Å²) in [6.07, 6.45) is 0.972. The van der Waals surface area contributed by atoms with Gasteiger partial charge in [0.05, 0.1) is 11.7 Å². The fraction of sp³-hybridized carbons (Fsp3) is 0.0769. The van der Waals surface area contributed by atoms with Crippen molar-refractivity contribution in [3.05, 3.63) is 44.5 Å². The monoisotopic (exact) mass is 405 g/mol. The van der Waals surface area contributed by atoms with Crippen LogP contribution in [0, 0.1) is 22.1 Å². The Bertz CT molecular complexity index is 832. The van der Waals surface area contributed by atoms with E-state index in [1.54, 1.807) is 6.07 Å². The first-order valence-corrected chi connectivity index (χ1v) is 7.09. The molecule has 0 unspecified atom stereocenters. The Balaban J connectivity index is 2.32. The first kappa shape index (κ1) is 13.7. The second-order valence-corrected chi connectivity index (χ2v) is 5.70. The Kier molecular flexibility index (Phi) is 3.37. The second-order valence-electron chi connectivity index (χ2n) is 4.28. The molecule has 0 aliphatic rings. The van der Waals surface area contributed by atoms with Gasteiger partial charge in [0.15, 0.2) is 5.82 Å². The lowest BCUT2D eigenvalue weighted by Crippen LogP contribution is -1.93. The van der Waals surface area contributed by atoms with Crippen LogP contribution in [0.4, 0.5) is 8.78 Å². The molecule has 0 saturated carbocycles. The third-order valence-electron chi connectivity index (χ3n) is 2.96. The Morgan fingerprint density at radius 1 is 1.25 bits per heavy atom. The number of rotatable bonds is 1. The van der Waals surface area contributed by atoms with E-state index in [-0.39, 0.29) is 11.0 Å². The fourth-order valence-electron chi connectivity index (χ4n) is 2.04. The predicted molar refractivity (Wildman–Crippen MR) is 81.7 cm³/mol. The number of aromatic nitrogens is 3. The van der Waals surface area contributed by atoms with E-state index in [1.165, 1.54) is 6.07 Å². The molecule has 0 aliphatic heterocycles. The second kappa shape index (κ2) is 4.92. The number of nitrogens with zero attached hydrogens (tertiary/aromatic N) is 2. The van der Waals surface area contributed by atoms with Gasteiger partial charge in [-0.1, -0.05) is 0 Å². The molecule has 2 heterocycles. The van der Waals surface area contributed by atoms with Crippen molar-refractivity contribution in [2.75, 3.05) is 0 Å². The Labute approximate surface area is 131 Å². The molecular weight excluding hydrogens is 399 g/mol. The van der Waals surface area contributed by atoms with Gasteiger partial charge in [-0.05, 0) is 53.2 Å². The minimum Gasteiger partial charge on any atom is -0.355 e. The third kappa shape index (κ3) is 2.16. The zero-order valence-electron chi connectivity index (χ0n) is 10.1. The summed E-state index contributed by atoms with van der Waals surface area (Å²) in [5.41, 5.74) is 1.57. The standard InChI is InChI=1S/C13H7ClF2IN3/c1-5-10(17)7-2-6(3-8(15)12(7)19-5)11-9(16)4-18-13(14)20-11/h2-4,19H,1H3.